The number of alkyl halides is 2. The molecule has 4 fully saturated rings. The molecule has 2 saturated heterocycles. The van der Waals surface area contributed by atoms with E-state index in [1.54, 1.807) is 48.5 Å². The summed E-state index contributed by atoms with van der Waals surface area (Å²) in [5.41, 5.74) is 5.99. The Morgan fingerprint density at radius 2 is 1.69 bits per heavy atom. The van der Waals surface area contributed by atoms with Crippen molar-refractivity contribution in [3.8, 4) is 17.2 Å². The number of ether oxygens (including phenoxy) is 2. The van der Waals surface area contributed by atoms with Crippen LogP contribution in [0, 0.1) is 16.5 Å². The molecule has 80 heavy (non-hydrogen) atoms. The maximum absolute atomic E-state index is 14.9. The quantitative estimate of drug-likeness (QED) is 0.0547. The van der Waals surface area contributed by atoms with Crippen LogP contribution in [0.4, 0.5) is 30.2 Å². The molecule has 3 aliphatic carbocycles. The zero-order chi connectivity index (χ0) is 56.1. The zero-order valence-corrected chi connectivity index (χ0v) is 46.6. The first-order valence-electron chi connectivity index (χ1n) is 28.0. The largest absolute Gasteiger partial charge is 0.629 e. The van der Waals surface area contributed by atoms with Gasteiger partial charge in [0.1, 0.15) is 39.2 Å². The SMILES string of the molecule is CC(C)c1ccccc1[C@@H]1CN(Cc2ccc(OC(F)F)cc2)CCN1C1CC2(CCN(c3ccc(C(=O)NS(=O)(=O)c4cc([NH+](C)[O-])c(NCC5CCC(C)(O)CC5)c5[nH]cnc45)c(Oc4ccc5c(c4)C(F)=CC5)c3)CC2)C1. The van der Waals surface area contributed by atoms with Gasteiger partial charge in [-0.05, 0) is 147 Å². The number of carbonyl (C=O) groups excluding carboxylic acids is 1. The molecule has 5 aromatic carbocycles. The van der Waals surface area contributed by atoms with E-state index >= 15 is 0 Å². The highest BCUT2D eigenvalue weighted by molar-refractivity contribution is 7.90. The third-order valence-corrected chi connectivity index (χ3v) is 19.0. The number of anilines is 2. The lowest BCUT2D eigenvalue weighted by Crippen LogP contribution is -2.98. The maximum atomic E-state index is 14.9. The summed E-state index contributed by atoms with van der Waals surface area (Å²) in [5, 5.41) is 26.7. The van der Waals surface area contributed by atoms with E-state index in [1.165, 1.54) is 36.6 Å². The number of fused-ring (bicyclic) bond motifs is 2. The number of carbonyl (C=O) groups is 1. The second kappa shape index (κ2) is 22.5. The fourth-order valence-electron chi connectivity index (χ4n) is 13.1. The number of quaternary nitrogens is 1. The Morgan fingerprint density at radius 1 is 0.950 bits per heavy atom. The smallest absolute Gasteiger partial charge is 0.387 e. The van der Waals surface area contributed by atoms with Crippen molar-refractivity contribution in [3.63, 3.8) is 0 Å². The molecule has 2 aliphatic heterocycles. The van der Waals surface area contributed by atoms with Crippen molar-refractivity contribution in [3.05, 3.63) is 142 Å². The number of sulfonamides is 1. The Labute approximate surface area is 465 Å². The summed E-state index contributed by atoms with van der Waals surface area (Å²) in [6, 6.07) is 27.7. The average Bonchev–Trinajstić information content (AvgIpc) is 3.77. The molecule has 15 nitrogen and oxygen atoms in total. The normalized spacial score (nSPS) is 22.1. The standard InChI is InChI=1S/C61H71F3N8O7S/c1-38(2)46-7-5-6-8-47(46)52-36-70(35-40-9-14-44(15-10-40)79-59(63)64)27-28-72(52)43-32-61(33-43)23-25-71(26-24-61)42-13-17-48(53(29-42)78-45-16-11-41-12-18-50(62)49(41)30-45)58(73)68-80(76,77)54-31-51(69(4)75)55(57-56(54)66-37-67-57)65-34-39-19-21-60(3,74)22-20-39/h5-11,13-18,29-31,37-39,43,52,59,65,69,74H,12,19-28,32-36H2,1-4H3,(H,66,67)(H,68,73)/t39?,52-,60?/m0/s1. The number of imidazole rings is 1. The third-order valence-electron chi connectivity index (χ3n) is 17.6. The van der Waals surface area contributed by atoms with Crippen molar-refractivity contribution >= 4 is 49.9 Å². The van der Waals surface area contributed by atoms with Crippen molar-refractivity contribution in [1.82, 2.24) is 24.5 Å². The van der Waals surface area contributed by atoms with E-state index in [2.05, 4.69) is 77.6 Å². The molecule has 6 aromatic rings. The highest BCUT2D eigenvalue weighted by atomic mass is 32.2. The number of piperazine rings is 1. The molecule has 1 amide bonds. The number of amides is 1. The molecular formula is C61H71F3N8O7S. The topological polar surface area (TPSA) is 180 Å². The Hall–Kier alpha value is -6.48. The maximum Gasteiger partial charge on any atom is 0.387 e. The van der Waals surface area contributed by atoms with E-state index in [0.717, 1.165) is 88.1 Å². The molecule has 5 aliphatic rings. The molecule has 0 radical (unpaired) electrons. The van der Waals surface area contributed by atoms with Gasteiger partial charge in [0.15, 0.2) is 5.69 Å². The number of allylic oxidation sites excluding steroid dienone is 1. The lowest BCUT2D eigenvalue weighted by Gasteiger charge is -2.58. The van der Waals surface area contributed by atoms with Gasteiger partial charge in [-0.2, -0.15) is 8.78 Å². The number of hydrogen-bond acceptors (Lipinski definition) is 12. The predicted octanol–water partition coefficient (Wildman–Crippen LogP) is 10.4. The van der Waals surface area contributed by atoms with E-state index in [9.17, 15) is 36.7 Å². The lowest BCUT2D eigenvalue weighted by molar-refractivity contribution is -0.750. The molecule has 424 valence electrons. The van der Waals surface area contributed by atoms with Crippen LogP contribution in [0.3, 0.4) is 0 Å². The Bertz CT molecular complexity index is 3380. The van der Waals surface area contributed by atoms with Crippen molar-refractivity contribution in [2.45, 2.75) is 120 Å². The summed E-state index contributed by atoms with van der Waals surface area (Å²) in [6.45, 7) is 8.77. The highest BCUT2D eigenvalue weighted by Crippen LogP contribution is 2.54. The minimum atomic E-state index is -4.67. The van der Waals surface area contributed by atoms with E-state index < -0.39 is 28.1 Å². The first-order valence-corrected chi connectivity index (χ1v) is 29.5. The number of halogens is 3. The Kier molecular flexibility index (Phi) is 15.6. The number of H-pyrrole nitrogens is 1. The predicted molar refractivity (Wildman–Crippen MR) is 303 cm³/mol. The molecule has 3 heterocycles. The summed E-state index contributed by atoms with van der Waals surface area (Å²) in [7, 11) is -3.32. The third kappa shape index (κ3) is 11.7. The van der Waals surface area contributed by atoms with Crippen molar-refractivity contribution in [2.24, 2.45) is 11.3 Å². The summed E-state index contributed by atoms with van der Waals surface area (Å²) in [6.07, 6.45) is 10.2. The summed E-state index contributed by atoms with van der Waals surface area (Å²) >= 11 is 0. The zero-order valence-electron chi connectivity index (χ0n) is 45.7. The van der Waals surface area contributed by atoms with Crippen LogP contribution in [-0.2, 0) is 23.0 Å². The highest BCUT2D eigenvalue weighted by Gasteiger charge is 2.50. The number of nitrogens with zero attached hydrogens (tertiary/aromatic N) is 4. The van der Waals surface area contributed by atoms with Gasteiger partial charge >= 0.3 is 6.61 Å². The number of piperidine rings is 1. The van der Waals surface area contributed by atoms with Crippen LogP contribution in [0.5, 0.6) is 17.2 Å². The van der Waals surface area contributed by atoms with Gasteiger partial charge in [0, 0.05) is 81.3 Å². The molecule has 2 atom stereocenters. The summed E-state index contributed by atoms with van der Waals surface area (Å²) in [5.74, 6) is -0.247. The number of aliphatic hydroxyl groups is 1. The molecule has 19 heteroatoms. The van der Waals surface area contributed by atoms with E-state index in [1.807, 2.05) is 19.1 Å². The van der Waals surface area contributed by atoms with Gasteiger partial charge in [0.05, 0.1) is 30.1 Å². The number of hydrogen-bond donors (Lipinski definition) is 5. The average molecular weight is 1120 g/mol. The van der Waals surface area contributed by atoms with Gasteiger partial charge in [-0.15, -0.1) is 0 Å². The van der Waals surface area contributed by atoms with Crippen LogP contribution < -0.4 is 29.5 Å². The molecule has 1 aromatic heterocycles. The minimum Gasteiger partial charge on any atom is -0.629 e. The molecule has 1 spiro atoms. The Morgan fingerprint density at radius 3 is 2.41 bits per heavy atom. The number of aromatic nitrogens is 2. The van der Waals surface area contributed by atoms with Crippen LogP contribution in [0.25, 0.3) is 16.9 Å². The van der Waals surface area contributed by atoms with Crippen LogP contribution in [0.2, 0.25) is 0 Å². The van der Waals surface area contributed by atoms with Crippen molar-refractivity contribution in [2.75, 3.05) is 56.5 Å². The molecule has 2 saturated carbocycles. The second-order valence-corrected chi connectivity index (χ2v) is 25.1. The molecule has 0 bridgehead atoms. The Balaban J connectivity index is 0.801. The van der Waals surface area contributed by atoms with E-state index in [4.69, 9.17) is 4.74 Å². The van der Waals surface area contributed by atoms with Crippen molar-refractivity contribution < 1.29 is 46.0 Å². The van der Waals surface area contributed by atoms with Crippen molar-refractivity contribution in [1.29, 1.82) is 0 Å². The fraction of sp³-hybridized carbons (Fsp3) is 0.443. The van der Waals surface area contributed by atoms with Crippen LogP contribution >= 0.6 is 0 Å². The monoisotopic (exact) mass is 1120 g/mol. The van der Waals surface area contributed by atoms with Crippen LogP contribution in [-0.4, -0.2) is 104 Å². The van der Waals surface area contributed by atoms with E-state index in [-0.39, 0.29) is 67.2 Å². The number of rotatable bonds is 17. The number of hydroxylamine groups is 1. The molecular weight excluding hydrogens is 1050 g/mol. The molecule has 5 N–H and O–H groups in total. The van der Waals surface area contributed by atoms with Gasteiger partial charge in [0.2, 0.25) is 0 Å². The molecule has 11 rings (SSSR count). The number of nitrogens with one attached hydrogen (secondary N) is 4. The number of aromatic amines is 1. The first-order chi connectivity index (χ1) is 38.3. The van der Waals surface area contributed by atoms with Gasteiger partial charge in [0.25, 0.3) is 15.9 Å². The van der Waals surface area contributed by atoms with Gasteiger partial charge in [-0.25, -0.2) is 22.5 Å². The number of benzene rings is 5. The van der Waals surface area contributed by atoms with Gasteiger partial charge < -0.3 is 40.1 Å². The van der Waals surface area contributed by atoms with Gasteiger partial charge in [-0.1, -0.05) is 56.3 Å². The minimum absolute atomic E-state index is 0.0481. The van der Waals surface area contributed by atoms with E-state index in [0.29, 0.717) is 61.1 Å². The second-order valence-electron chi connectivity index (χ2n) is 23.4. The first kappa shape index (κ1) is 55.4. The van der Waals surface area contributed by atoms with Crippen LogP contribution in [0.1, 0.15) is 122 Å². The molecule has 1 unspecified atom stereocenters. The summed E-state index contributed by atoms with van der Waals surface area (Å²) in [4.78, 5) is 28.9. The lowest BCUT2D eigenvalue weighted by atomic mass is 9.59. The van der Waals surface area contributed by atoms with Crippen LogP contribution in [0.15, 0.2) is 108 Å². The summed E-state index contributed by atoms with van der Waals surface area (Å²) < 4.78 is 82.8. The van der Waals surface area contributed by atoms with Gasteiger partial charge in [-0.3, -0.25) is 14.6 Å². The fourth-order valence-corrected chi connectivity index (χ4v) is 14.2.